The Bertz CT molecular complexity index is 869. The van der Waals surface area contributed by atoms with Crippen LogP contribution in [0.5, 0.6) is 0 Å². The molecule has 4 aliphatic carbocycles. The molecular formula is C28H46O7. The molecule has 12 atom stereocenters. The van der Waals surface area contributed by atoms with E-state index in [1.807, 2.05) is 27.7 Å². The smallest absolute Gasteiger partial charge is 0.159 e. The summed E-state index contributed by atoms with van der Waals surface area (Å²) in [5.74, 6) is -0.890. The monoisotopic (exact) mass is 494 g/mol. The van der Waals surface area contributed by atoms with Gasteiger partial charge in [0.2, 0.25) is 0 Å². The molecule has 0 bridgehead atoms. The molecule has 0 aliphatic heterocycles. The summed E-state index contributed by atoms with van der Waals surface area (Å²) in [7, 11) is 0. The predicted octanol–water partition coefficient (Wildman–Crippen LogP) is 1.96. The Morgan fingerprint density at radius 2 is 1.74 bits per heavy atom. The topological polar surface area (TPSA) is 138 Å². The van der Waals surface area contributed by atoms with E-state index in [0.717, 1.165) is 0 Å². The summed E-state index contributed by atoms with van der Waals surface area (Å²) in [4.78, 5) is 13.3. The highest BCUT2D eigenvalue weighted by atomic mass is 16.3. The molecule has 0 aromatic heterocycles. The lowest BCUT2D eigenvalue weighted by molar-refractivity contribution is -0.177. The van der Waals surface area contributed by atoms with Crippen molar-refractivity contribution in [1.82, 2.24) is 0 Å². The average molecular weight is 495 g/mol. The normalized spacial score (nSPS) is 47.6. The van der Waals surface area contributed by atoms with Crippen LogP contribution in [-0.4, -0.2) is 72.5 Å². The minimum Gasteiger partial charge on any atom is -0.396 e. The Kier molecular flexibility index (Phi) is 6.91. The number of aliphatic hydroxyl groups excluding tert-OH is 4. The van der Waals surface area contributed by atoms with Crippen LogP contribution in [0.3, 0.4) is 0 Å². The molecule has 0 radical (unpaired) electrons. The Morgan fingerprint density at radius 3 is 2.37 bits per heavy atom. The first-order chi connectivity index (χ1) is 16.1. The van der Waals surface area contributed by atoms with Crippen molar-refractivity contribution in [3.05, 3.63) is 11.6 Å². The fourth-order valence-corrected chi connectivity index (χ4v) is 8.54. The number of allylic oxidation sites excluding steroid dienone is 1. The summed E-state index contributed by atoms with van der Waals surface area (Å²) < 4.78 is 0. The second kappa shape index (κ2) is 8.88. The van der Waals surface area contributed by atoms with Gasteiger partial charge in [0, 0.05) is 17.9 Å². The van der Waals surface area contributed by atoms with Gasteiger partial charge in [0.1, 0.15) is 0 Å². The molecule has 3 saturated carbocycles. The molecule has 0 aromatic rings. The minimum absolute atomic E-state index is 0.00319. The largest absolute Gasteiger partial charge is 0.396 e. The number of ketones is 1. The van der Waals surface area contributed by atoms with Gasteiger partial charge in [-0.05, 0) is 92.6 Å². The van der Waals surface area contributed by atoms with E-state index < -0.39 is 40.3 Å². The molecule has 3 fully saturated rings. The highest BCUT2D eigenvalue weighted by Crippen LogP contribution is 2.68. The molecule has 0 amide bonds. The second-order valence-corrected chi connectivity index (χ2v) is 13.2. The highest BCUT2D eigenvalue weighted by Gasteiger charge is 2.69. The van der Waals surface area contributed by atoms with Crippen LogP contribution < -0.4 is 0 Å². The van der Waals surface area contributed by atoms with Crippen LogP contribution in [0.15, 0.2) is 11.6 Å². The summed E-state index contributed by atoms with van der Waals surface area (Å²) in [6.45, 7) is 9.57. The molecule has 35 heavy (non-hydrogen) atoms. The summed E-state index contributed by atoms with van der Waals surface area (Å²) in [6, 6.07) is 0. The number of hydrogen-bond acceptors (Lipinski definition) is 7. The van der Waals surface area contributed by atoms with Gasteiger partial charge in [0.25, 0.3) is 0 Å². The molecule has 0 unspecified atom stereocenters. The molecule has 0 aromatic carbocycles. The maximum absolute atomic E-state index is 13.3. The lowest BCUT2D eigenvalue weighted by atomic mass is 9.45. The zero-order valence-electron chi connectivity index (χ0n) is 21.9. The van der Waals surface area contributed by atoms with Crippen LogP contribution >= 0.6 is 0 Å². The van der Waals surface area contributed by atoms with Crippen molar-refractivity contribution >= 4 is 5.78 Å². The van der Waals surface area contributed by atoms with Crippen LogP contribution in [0.25, 0.3) is 0 Å². The Balaban J connectivity index is 1.66. The standard InChI is InChI=1S/C28H46O7/c1-15(16(2)14-29)10-24(33)27(5,34)23-7-9-28(35)18-11-20(30)19-12-21(31)22(32)13-25(19,3)17(18)6-8-26(23,28)4/h11,15-17,19,21-24,29,31-35H,6-10,12-14H2,1-5H3/t15-,16-,17-,19-,21+,22-,23-,24+,25+,26+,27+,28+/m0/s1. The van der Waals surface area contributed by atoms with Crippen LogP contribution in [-0.2, 0) is 4.79 Å². The van der Waals surface area contributed by atoms with E-state index in [-0.39, 0.29) is 48.4 Å². The Hall–Kier alpha value is -0.830. The molecule has 6 N–H and O–H groups in total. The lowest BCUT2D eigenvalue weighted by Crippen LogP contribution is -2.63. The predicted molar refractivity (Wildman–Crippen MR) is 131 cm³/mol. The van der Waals surface area contributed by atoms with Crippen LogP contribution in [0.4, 0.5) is 0 Å². The first-order valence-corrected chi connectivity index (χ1v) is 13.5. The van der Waals surface area contributed by atoms with Gasteiger partial charge >= 0.3 is 0 Å². The number of carbonyl (C=O) groups excluding carboxylic acids is 1. The van der Waals surface area contributed by atoms with E-state index in [9.17, 15) is 35.4 Å². The van der Waals surface area contributed by atoms with Crippen LogP contribution in [0, 0.1) is 40.4 Å². The van der Waals surface area contributed by atoms with Crippen molar-refractivity contribution < 1.29 is 35.4 Å². The van der Waals surface area contributed by atoms with Gasteiger partial charge in [-0.3, -0.25) is 4.79 Å². The van der Waals surface area contributed by atoms with E-state index in [1.54, 1.807) is 13.0 Å². The van der Waals surface area contributed by atoms with Gasteiger partial charge in [-0.2, -0.15) is 0 Å². The molecule has 0 saturated heterocycles. The third-order valence-corrected chi connectivity index (χ3v) is 11.4. The molecule has 7 nitrogen and oxygen atoms in total. The molecule has 4 rings (SSSR count). The average Bonchev–Trinajstić information content (AvgIpc) is 3.07. The Labute approximate surface area is 209 Å². The molecule has 0 heterocycles. The molecule has 4 aliphatic rings. The van der Waals surface area contributed by atoms with Gasteiger partial charge in [-0.15, -0.1) is 0 Å². The summed E-state index contributed by atoms with van der Waals surface area (Å²) in [5, 5.41) is 65.3. The lowest BCUT2D eigenvalue weighted by Gasteiger charge is -2.60. The number of carbonyl (C=O) groups is 1. The maximum Gasteiger partial charge on any atom is 0.159 e. The SMILES string of the molecule is C[C@@H](CO)[C@@H](C)C[C@@H](O)[C@](C)(O)[C@H]1CC[C@@]2(O)C3=CC(=O)[C@@H]4C[C@@H](O)[C@@H](O)C[C@]4(C)[C@H]3CC[C@]12C. The van der Waals surface area contributed by atoms with E-state index in [1.165, 1.54) is 0 Å². The third-order valence-electron chi connectivity index (χ3n) is 11.4. The van der Waals surface area contributed by atoms with E-state index in [2.05, 4.69) is 0 Å². The van der Waals surface area contributed by atoms with E-state index >= 15 is 0 Å². The maximum atomic E-state index is 13.3. The van der Waals surface area contributed by atoms with Crippen molar-refractivity contribution in [2.75, 3.05) is 6.61 Å². The van der Waals surface area contributed by atoms with Crippen LogP contribution in [0.2, 0.25) is 0 Å². The molecule has 7 heteroatoms. The number of fused-ring (bicyclic) bond motifs is 5. The highest BCUT2D eigenvalue weighted by molar-refractivity contribution is 5.95. The zero-order valence-corrected chi connectivity index (χ0v) is 21.9. The fourth-order valence-electron chi connectivity index (χ4n) is 8.54. The number of aliphatic hydroxyl groups is 6. The van der Waals surface area contributed by atoms with Crippen molar-refractivity contribution in [1.29, 1.82) is 0 Å². The number of hydrogen-bond donors (Lipinski definition) is 6. The van der Waals surface area contributed by atoms with E-state index in [4.69, 9.17) is 0 Å². The quantitative estimate of drug-likeness (QED) is 0.332. The molecular weight excluding hydrogens is 448 g/mol. The van der Waals surface area contributed by atoms with Crippen molar-refractivity contribution in [3.8, 4) is 0 Å². The second-order valence-electron chi connectivity index (χ2n) is 13.2. The zero-order chi connectivity index (χ0) is 26.1. The first kappa shape index (κ1) is 27.2. The number of rotatable bonds is 6. The van der Waals surface area contributed by atoms with E-state index in [0.29, 0.717) is 44.1 Å². The summed E-state index contributed by atoms with van der Waals surface area (Å²) in [6.07, 6.45) is 2.00. The van der Waals surface area contributed by atoms with Gasteiger partial charge in [-0.1, -0.05) is 27.7 Å². The Morgan fingerprint density at radius 1 is 1.09 bits per heavy atom. The third kappa shape index (κ3) is 3.88. The first-order valence-electron chi connectivity index (χ1n) is 13.5. The summed E-state index contributed by atoms with van der Waals surface area (Å²) in [5.41, 5.74) is -3.26. The summed E-state index contributed by atoms with van der Waals surface area (Å²) >= 11 is 0. The molecule has 200 valence electrons. The van der Waals surface area contributed by atoms with Crippen LogP contribution in [0.1, 0.15) is 79.6 Å². The van der Waals surface area contributed by atoms with Crippen molar-refractivity contribution in [2.24, 2.45) is 40.4 Å². The van der Waals surface area contributed by atoms with Gasteiger partial charge < -0.3 is 30.6 Å². The van der Waals surface area contributed by atoms with Crippen molar-refractivity contribution in [2.45, 2.75) is 109 Å². The van der Waals surface area contributed by atoms with Gasteiger partial charge in [0.15, 0.2) is 5.78 Å². The fraction of sp³-hybridized carbons (Fsp3) is 0.893. The minimum atomic E-state index is -1.44. The molecule has 0 spiro atoms. The van der Waals surface area contributed by atoms with Gasteiger partial charge in [0.05, 0.1) is 29.5 Å². The van der Waals surface area contributed by atoms with Gasteiger partial charge in [-0.25, -0.2) is 0 Å². The van der Waals surface area contributed by atoms with Crippen molar-refractivity contribution in [3.63, 3.8) is 0 Å².